The van der Waals surface area contributed by atoms with E-state index in [1.54, 1.807) is 18.2 Å². The van der Waals surface area contributed by atoms with E-state index in [1.165, 1.54) is 12.3 Å². The number of aromatic hydroxyl groups is 1. The molecule has 2 rings (SSSR count). The summed E-state index contributed by atoms with van der Waals surface area (Å²) in [5.41, 5.74) is 7.05. The molecular formula is C14H15N3O2. The summed E-state index contributed by atoms with van der Waals surface area (Å²) in [4.78, 5) is 15.8. The average Bonchev–Trinajstić information content (AvgIpc) is 2.42. The Bertz CT molecular complexity index is 567. The van der Waals surface area contributed by atoms with Crippen LogP contribution in [0.1, 0.15) is 15.9 Å². The van der Waals surface area contributed by atoms with E-state index in [0.29, 0.717) is 12.1 Å². The van der Waals surface area contributed by atoms with E-state index in [-0.39, 0.29) is 17.5 Å². The van der Waals surface area contributed by atoms with Gasteiger partial charge in [0.05, 0.1) is 0 Å². The summed E-state index contributed by atoms with van der Waals surface area (Å²) in [5, 5.41) is 12.1. The third-order valence-corrected chi connectivity index (χ3v) is 2.67. The number of nitrogens with two attached hydrogens (primary N) is 1. The third kappa shape index (κ3) is 3.29. The molecular weight excluding hydrogens is 242 g/mol. The number of nitrogens with zero attached hydrogens (tertiary/aromatic N) is 1. The predicted octanol–water partition coefficient (Wildman–Crippen LogP) is 1.54. The van der Waals surface area contributed by atoms with Crippen molar-refractivity contribution in [3.63, 3.8) is 0 Å². The van der Waals surface area contributed by atoms with E-state index in [2.05, 4.69) is 10.3 Å². The summed E-state index contributed by atoms with van der Waals surface area (Å²) in [6.07, 6.45) is 2.28. The van der Waals surface area contributed by atoms with Crippen molar-refractivity contribution in [3.8, 4) is 5.75 Å². The second-order valence-corrected chi connectivity index (χ2v) is 4.06. The van der Waals surface area contributed by atoms with Gasteiger partial charge in [0.25, 0.3) is 5.91 Å². The van der Waals surface area contributed by atoms with Crippen molar-refractivity contribution >= 4 is 11.7 Å². The van der Waals surface area contributed by atoms with Gasteiger partial charge in [-0.15, -0.1) is 0 Å². The van der Waals surface area contributed by atoms with E-state index in [1.807, 2.05) is 12.1 Å². The van der Waals surface area contributed by atoms with Gasteiger partial charge in [-0.05, 0) is 42.8 Å². The van der Waals surface area contributed by atoms with Crippen LogP contribution in [-0.2, 0) is 6.42 Å². The molecule has 1 aromatic carbocycles. The Morgan fingerprint density at radius 2 is 2.00 bits per heavy atom. The topological polar surface area (TPSA) is 88.2 Å². The maximum absolute atomic E-state index is 11.9. The third-order valence-electron chi connectivity index (χ3n) is 2.67. The molecule has 0 aliphatic rings. The molecule has 0 bridgehead atoms. The fourth-order valence-electron chi connectivity index (χ4n) is 1.66. The summed E-state index contributed by atoms with van der Waals surface area (Å²) in [6, 6.07) is 10.2. The number of nitrogens with one attached hydrogen (secondary N) is 1. The first-order valence-electron chi connectivity index (χ1n) is 5.95. The Labute approximate surface area is 111 Å². The molecule has 0 aliphatic heterocycles. The van der Waals surface area contributed by atoms with Crippen LogP contribution in [0.3, 0.4) is 0 Å². The van der Waals surface area contributed by atoms with Gasteiger partial charge in [0.2, 0.25) is 0 Å². The van der Waals surface area contributed by atoms with Crippen molar-refractivity contribution in [1.82, 2.24) is 4.98 Å². The van der Waals surface area contributed by atoms with Crippen molar-refractivity contribution in [1.29, 1.82) is 0 Å². The molecule has 0 radical (unpaired) electrons. The van der Waals surface area contributed by atoms with Gasteiger partial charge in [-0.25, -0.2) is 4.98 Å². The zero-order valence-corrected chi connectivity index (χ0v) is 10.3. The molecule has 1 amide bonds. The van der Waals surface area contributed by atoms with Crippen LogP contribution < -0.4 is 11.1 Å². The van der Waals surface area contributed by atoms with Gasteiger partial charge in [0.15, 0.2) is 11.6 Å². The Morgan fingerprint density at radius 3 is 2.63 bits per heavy atom. The van der Waals surface area contributed by atoms with Gasteiger partial charge < -0.3 is 16.2 Å². The van der Waals surface area contributed by atoms with Gasteiger partial charge in [-0.3, -0.25) is 4.79 Å². The predicted molar refractivity (Wildman–Crippen MR) is 73.1 cm³/mol. The van der Waals surface area contributed by atoms with Crippen LogP contribution in [0.15, 0.2) is 42.6 Å². The molecule has 98 valence electrons. The van der Waals surface area contributed by atoms with E-state index in [9.17, 15) is 9.90 Å². The molecule has 1 aromatic heterocycles. The number of hydrogen-bond donors (Lipinski definition) is 3. The second-order valence-electron chi connectivity index (χ2n) is 4.06. The number of carbonyl (C=O) groups is 1. The van der Waals surface area contributed by atoms with Crippen LogP contribution in [0.25, 0.3) is 0 Å². The van der Waals surface area contributed by atoms with Gasteiger partial charge >= 0.3 is 0 Å². The zero-order valence-electron chi connectivity index (χ0n) is 10.3. The van der Waals surface area contributed by atoms with Crippen LogP contribution in [-0.4, -0.2) is 22.5 Å². The summed E-state index contributed by atoms with van der Waals surface area (Å²) >= 11 is 0. The lowest BCUT2D eigenvalue weighted by molar-refractivity contribution is 0.102. The molecule has 0 spiro atoms. The summed E-state index contributed by atoms with van der Waals surface area (Å²) in [7, 11) is 0. The van der Waals surface area contributed by atoms with E-state index >= 15 is 0 Å². The van der Waals surface area contributed by atoms with E-state index in [0.717, 1.165) is 12.0 Å². The first-order chi connectivity index (χ1) is 9.20. The highest BCUT2D eigenvalue weighted by Gasteiger charge is 2.09. The van der Waals surface area contributed by atoms with Gasteiger partial charge in [0, 0.05) is 11.8 Å². The number of benzene rings is 1. The number of anilines is 1. The summed E-state index contributed by atoms with van der Waals surface area (Å²) in [5.74, 6) is -0.220. The minimum Gasteiger partial charge on any atom is -0.504 e. The fraction of sp³-hybridized carbons (Fsp3) is 0.143. The van der Waals surface area contributed by atoms with Crippen molar-refractivity contribution < 1.29 is 9.90 Å². The van der Waals surface area contributed by atoms with Gasteiger partial charge in [-0.1, -0.05) is 12.1 Å². The number of pyridine rings is 1. The molecule has 5 nitrogen and oxygen atoms in total. The molecule has 19 heavy (non-hydrogen) atoms. The average molecular weight is 257 g/mol. The molecule has 0 unspecified atom stereocenters. The number of aromatic nitrogens is 1. The quantitative estimate of drug-likeness (QED) is 0.775. The summed E-state index contributed by atoms with van der Waals surface area (Å²) in [6.45, 7) is 0.577. The highest BCUT2D eigenvalue weighted by molar-refractivity contribution is 6.04. The van der Waals surface area contributed by atoms with Crippen LogP contribution in [0.4, 0.5) is 5.82 Å². The zero-order chi connectivity index (χ0) is 13.7. The molecule has 4 N–H and O–H groups in total. The minimum atomic E-state index is -0.312. The van der Waals surface area contributed by atoms with Crippen molar-refractivity contribution in [2.24, 2.45) is 5.73 Å². The number of rotatable bonds is 4. The lowest BCUT2D eigenvalue weighted by Crippen LogP contribution is -2.13. The minimum absolute atomic E-state index is 0.0596. The Kier molecular flexibility index (Phi) is 4.10. The van der Waals surface area contributed by atoms with E-state index in [4.69, 9.17) is 5.73 Å². The van der Waals surface area contributed by atoms with Crippen LogP contribution >= 0.6 is 0 Å². The summed E-state index contributed by atoms with van der Waals surface area (Å²) < 4.78 is 0. The van der Waals surface area contributed by atoms with Crippen LogP contribution in [0, 0.1) is 0 Å². The molecule has 0 saturated carbocycles. The highest BCUT2D eigenvalue weighted by Crippen LogP contribution is 2.19. The van der Waals surface area contributed by atoms with Crippen molar-refractivity contribution in [3.05, 3.63) is 53.7 Å². The largest absolute Gasteiger partial charge is 0.504 e. The molecule has 0 aliphatic carbocycles. The van der Waals surface area contributed by atoms with Crippen molar-refractivity contribution in [2.45, 2.75) is 6.42 Å². The molecule has 0 saturated heterocycles. The Hall–Kier alpha value is -2.40. The molecule has 0 atom stereocenters. The lowest BCUT2D eigenvalue weighted by Gasteiger charge is -2.06. The fourth-order valence-corrected chi connectivity index (χ4v) is 1.66. The standard InChI is InChI=1S/C14H15N3O2/c15-8-7-10-3-5-11(6-4-10)14(19)17-13-12(18)2-1-9-16-13/h1-6,9,18H,7-8,15H2,(H,16,17,19). The molecule has 1 heterocycles. The van der Waals surface area contributed by atoms with Crippen LogP contribution in [0.2, 0.25) is 0 Å². The SMILES string of the molecule is NCCc1ccc(C(=O)Nc2ncccc2O)cc1. The maximum atomic E-state index is 11.9. The highest BCUT2D eigenvalue weighted by atomic mass is 16.3. The smallest absolute Gasteiger partial charge is 0.256 e. The van der Waals surface area contributed by atoms with E-state index < -0.39 is 0 Å². The number of hydrogen-bond acceptors (Lipinski definition) is 4. The number of amides is 1. The first-order valence-corrected chi connectivity index (χ1v) is 5.95. The lowest BCUT2D eigenvalue weighted by atomic mass is 10.1. The Morgan fingerprint density at radius 1 is 1.26 bits per heavy atom. The monoisotopic (exact) mass is 257 g/mol. The Balaban J connectivity index is 2.10. The second kappa shape index (κ2) is 5.97. The normalized spacial score (nSPS) is 10.2. The van der Waals surface area contributed by atoms with Crippen LogP contribution in [0.5, 0.6) is 5.75 Å². The van der Waals surface area contributed by atoms with Gasteiger partial charge in [-0.2, -0.15) is 0 Å². The molecule has 5 heteroatoms. The molecule has 2 aromatic rings. The maximum Gasteiger partial charge on any atom is 0.256 e. The number of carbonyl (C=O) groups excluding carboxylic acids is 1. The van der Waals surface area contributed by atoms with Gasteiger partial charge in [0.1, 0.15) is 0 Å². The molecule has 0 fully saturated rings. The van der Waals surface area contributed by atoms with Crippen molar-refractivity contribution in [2.75, 3.05) is 11.9 Å². The first kappa shape index (κ1) is 13.0.